The molecule has 0 aliphatic carbocycles. The van der Waals surface area contributed by atoms with Gasteiger partial charge < -0.3 is 5.11 Å². The Labute approximate surface area is 73.4 Å². The van der Waals surface area contributed by atoms with Crippen LogP contribution >= 0.6 is 11.8 Å². The number of hydrogen-bond donors (Lipinski definition) is 1. The lowest BCUT2D eigenvalue weighted by atomic mass is 10.3. The third-order valence-corrected chi connectivity index (χ3v) is 2.10. The van der Waals surface area contributed by atoms with Crippen LogP contribution < -0.4 is 0 Å². The van der Waals surface area contributed by atoms with E-state index in [1.165, 1.54) is 23.9 Å². The van der Waals surface area contributed by atoms with Crippen LogP contribution in [-0.2, 0) is 0 Å². The summed E-state index contributed by atoms with van der Waals surface area (Å²) in [6.07, 6.45) is 1.83. The topological polar surface area (TPSA) is 63.4 Å². The van der Waals surface area contributed by atoms with E-state index in [1.54, 1.807) is 6.07 Å². The zero-order valence-electron chi connectivity index (χ0n) is 6.35. The van der Waals surface area contributed by atoms with Crippen molar-refractivity contribution < 1.29 is 10.0 Å². The Morgan fingerprint density at radius 1 is 1.58 bits per heavy atom. The SMILES string of the molecule is CSc1ccc([N+](=O)[O-])c(O)c1. The molecule has 5 heteroatoms. The van der Waals surface area contributed by atoms with Crippen LogP contribution in [0.3, 0.4) is 0 Å². The lowest BCUT2D eigenvalue weighted by Gasteiger charge is -1.97. The van der Waals surface area contributed by atoms with E-state index in [1.807, 2.05) is 6.26 Å². The third-order valence-electron chi connectivity index (χ3n) is 1.38. The number of nitro benzene ring substituents is 1. The van der Waals surface area contributed by atoms with Crippen LogP contribution in [0.15, 0.2) is 23.1 Å². The zero-order chi connectivity index (χ0) is 9.14. The molecule has 1 N–H and O–H groups in total. The van der Waals surface area contributed by atoms with Crippen molar-refractivity contribution in [1.29, 1.82) is 0 Å². The van der Waals surface area contributed by atoms with E-state index in [4.69, 9.17) is 5.11 Å². The van der Waals surface area contributed by atoms with E-state index >= 15 is 0 Å². The molecule has 12 heavy (non-hydrogen) atoms. The highest BCUT2D eigenvalue weighted by molar-refractivity contribution is 7.98. The summed E-state index contributed by atoms with van der Waals surface area (Å²) in [6.45, 7) is 0. The van der Waals surface area contributed by atoms with E-state index < -0.39 is 4.92 Å². The average molecular weight is 185 g/mol. The van der Waals surface area contributed by atoms with Crippen molar-refractivity contribution in [2.75, 3.05) is 6.26 Å². The smallest absolute Gasteiger partial charge is 0.310 e. The minimum absolute atomic E-state index is 0.257. The molecule has 0 aliphatic rings. The van der Waals surface area contributed by atoms with Gasteiger partial charge in [0, 0.05) is 17.0 Å². The Kier molecular flexibility index (Phi) is 2.54. The predicted octanol–water partition coefficient (Wildman–Crippen LogP) is 2.02. The summed E-state index contributed by atoms with van der Waals surface area (Å²) in [6, 6.07) is 4.27. The Balaban J connectivity index is 3.12. The maximum absolute atomic E-state index is 10.3. The molecule has 0 atom stereocenters. The summed E-state index contributed by atoms with van der Waals surface area (Å²) in [7, 11) is 0. The van der Waals surface area contributed by atoms with Gasteiger partial charge in [-0.25, -0.2) is 0 Å². The number of hydrogen-bond acceptors (Lipinski definition) is 4. The number of rotatable bonds is 2. The number of nitro groups is 1. The lowest BCUT2D eigenvalue weighted by Crippen LogP contribution is -1.87. The highest BCUT2D eigenvalue weighted by atomic mass is 32.2. The molecular weight excluding hydrogens is 178 g/mol. The normalized spacial score (nSPS) is 9.75. The quantitative estimate of drug-likeness (QED) is 0.435. The highest BCUT2D eigenvalue weighted by Crippen LogP contribution is 2.29. The van der Waals surface area contributed by atoms with Gasteiger partial charge in [-0.2, -0.15) is 0 Å². The molecule has 0 radical (unpaired) electrons. The average Bonchev–Trinajstić information content (AvgIpc) is 2.03. The molecule has 0 aliphatic heterocycles. The minimum atomic E-state index is -0.612. The molecule has 0 saturated carbocycles. The molecule has 1 aromatic rings. The third kappa shape index (κ3) is 1.68. The number of nitrogens with zero attached hydrogens (tertiary/aromatic N) is 1. The fourth-order valence-corrected chi connectivity index (χ4v) is 1.22. The van der Waals surface area contributed by atoms with E-state index in [2.05, 4.69) is 0 Å². The van der Waals surface area contributed by atoms with Crippen LogP contribution in [0, 0.1) is 10.1 Å². The van der Waals surface area contributed by atoms with Crippen molar-refractivity contribution in [2.45, 2.75) is 4.90 Å². The van der Waals surface area contributed by atoms with Gasteiger partial charge in [-0.3, -0.25) is 10.1 Å². The van der Waals surface area contributed by atoms with Gasteiger partial charge in [0.25, 0.3) is 0 Å². The monoisotopic (exact) mass is 185 g/mol. The van der Waals surface area contributed by atoms with Crippen LogP contribution in [-0.4, -0.2) is 16.3 Å². The first-order valence-electron chi connectivity index (χ1n) is 3.16. The van der Waals surface area contributed by atoms with Gasteiger partial charge in [0.2, 0.25) is 0 Å². The molecule has 1 aromatic carbocycles. The molecule has 0 aromatic heterocycles. The molecule has 0 fully saturated rings. The minimum Gasteiger partial charge on any atom is -0.502 e. The first-order valence-corrected chi connectivity index (χ1v) is 4.39. The molecule has 0 amide bonds. The number of benzene rings is 1. The standard InChI is InChI=1S/C7H7NO3S/c1-12-5-2-3-6(8(10)11)7(9)4-5/h2-4,9H,1H3. The largest absolute Gasteiger partial charge is 0.502 e. The van der Waals surface area contributed by atoms with Crippen molar-refractivity contribution in [3.63, 3.8) is 0 Å². The van der Waals surface area contributed by atoms with Crippen LogP contribution in [0.5, 0.6) is 5.75 Å². The Hall–Kier alpha value is -1.23. The highest BCUT2D eigenvalue weighted by Gasteiger charge is 2.11. The maximum atomic E-state index is 10.3. The molecule has 4 nitrogen and oxygen atoms in total. The number of thioether (sulfide) groups is 1. The van der Waals surface area contributed by atoms with Gasteiger partial charge in [0.05, 0.1) is 4.92 Å². The number of phenolic OH excluding ortho intramolecular Hbond substituents is 1. The Bertz CT molecular complexity index is 314. The lowest BCUT2D eigenvalue weighted by molar-refractivity contribution is -0.385. The van der Waals surface area contributed by atoms with Crippen LogP contribution in [0.25, 0.3) is 0 Å². The summed E-state index contributed by atoms with van der Waals surface area (Å²) >= 11 is 1.42. The zero-order valence-corrected chi connectivity index (χ0v) is 7.17. The fraction of sp³-hybridized carbons (Fsp3) is 0.143. The fourth-order valence-electron chi connectivity index (χ4n) is 0.785. The van der Waals surface area contributed by atoms with E-state index in [-0.39, 0.29) is 11.4 Å². The van der Waals surface area contributed by atoms with Crippen molar-refractivity contribution in [3.05, 3.63) is 28.3 Å². The number of aromatic hydroxyl groups is 1. The molecule has 0 unspecified atom stereocenters. The molecule has 0 saturated heterocycles. The Morgan fingerprint density at radius 3 is 2.67 bits per heavy atom. The summed E-state index contributed by atoms with van der Waals surface area (Å²) in [4.78, 5) is 10.5. The molecule has 1 rings (SSSR count). The van der Waals surface area contributed by atoms with Gasteiger partial charge in [-0.05, 0) is 12.3 Å². The number of phenols is 1. The molecule has 0 bridgehead atoms. The van der Waals surface area contributed by atoms with Crippen LogP contribution in [0.1, 0.15) is 0 Å². The summed E-state index contributed by atoms with van der Waals surface area (Å²) < 4.78 is 0. The van der Waals surface area contributed by atoms with Crippen molar-refractivity contribution in [2.24, 2.45) is 0 Å². The van der Waals surface area contributed by atoms with E-state index in [0.29, 0.717) is 0 Å². The Morgan fingerprint density at radius 2 is 2.25 bits per heavy atom. The van der Waals surface area contributed by atoms with Gasteiger partial charge in [-0.1, -0.05) is 0 Å². The first kappa shape index (κ1) is 8.86. The van der Waals surface area contributed by atoms with Crippen molar-refractivity contribution in [1.82, 2.24) is 0 Å². The summed E-state index contributed by atoms with van der Waals surface area (Å²) in [5, 5.41) is 19.4. The second-order valence-electron chi connectivity index (χ2n) is 2.11. The van der Waals surface area contributed by atoms with E-state index in [9.17, 15) is 10.1 Å². The molecule has 0 spiro atoms. The molecule has 64 valence electrons. The summed E-state index contributed by atoms with van der Waals surface area (Å²) in [5.41, 5.74) is -0.257. The predicted molar refractivity (Wildman–Crippen MR) is 46.5 cm³/mol. The maximum Gasteiger partial charge on any atom is 0.310 e. The van der Waals surface area contributed by atoms with Crippen molar-refractivity contribution >= 4 is 17.4 Å². The van der Waals surface area contributed by atoms with Crippen LogP contribution in [0.4, 0.5) is 5.69 Å². The van der Waals surface area contributed by atoms with E-state index in [0.717, 1.165) is 4.90 Å². The molecule has 0 heterocycles. The van der Waals surface area contributed by atoms with Crippen LogP contribution in [0.2, 0.25) is 0 Å². The van der Waals surface area contributed by atoms with Gasteiger partial charge in [0.1, 0.15) is 0 Å². The summed E-state index contributed by atoms with van der Waals surface area (Å²) in [5.74, 6) is -0.285. The second kappa shape index (κ2) is 3.44. The van der Waals surface area contributed by atoms with Gasteiger partial charge in [0.15, 0.2) is 5.75 Å². The van der Waals surface area contributed by atoms with Crippen molar-refractivity contribution in [3.8, 4) is 5.75 Å². The van der Waals surface area contributed by atoms with Gasteiger partial charge in [-0.15, -0.1) is 11.8 Å². The van der Waals surface area contributed by atoms with Gasteiger partial charge >= 0.3 is 5.69 Å². The second-order valence-corrected chi connectivity index (χ2v) is 2.99. The molecular formula is C7H7NO3S. The first-order chi connectivity index (χ1) is 5.65.